The molecule has 9 heteroatoms. The molecule has 23 heavy (non-hydrogen) atoms. The summed E-state index contributed by atoms with van der Waals surface area (Å²) in [7, 11) is 1.93. The predicted octanol–water partition coefficient (Wildman–Crippen LogP) is -0.364. The Hall–Kier alpha value is -2.71. The molecule has 122 valence electrons. The van der Waals surface area contributed by atoms with Crippen LogP contribution in [0.3, 0.4) is 0 Å². The number of nitrogens with zero attached hydrogens (tertiary/aromatic N) is 5. The van der Waals surface area contributed by atoms with Crippen LogP contribution < -0.4 is 10.2 Å². The first-order valence-corrected chi connectivity index (χ1v) is 7.36. The number of nitrogens with one attached hydrogen (secondary N) is 1. The smallest absolute Gasteiger partial charge is 0.290 e. The summed E-state index contributed by atoms with van der Waals surface area (Å²) < 4.78 is 1.91. The van der Waals surface area contributed by atoms with E-state index in [0.29, 0.717) is 18.3 Å². The van der Waals surface area contributed by atoms with Crippen LogP contribution in [0.4, 0.5) is 5.95 Å². The standard InChI is InChI=1S/C13H16N6O.CH2O2/c1-18-7-16-12-10(18)4-15-13(17-12)19-5-8-2-11(20)14-3-9(8)6-19;2-1-3/h4,7-9H,2-3,5-6H2,1H3,(H,14,20);1H,(H,2,3)/t8-,9+;/m1./s1. The molecule has 2 aromatic rings. The van der Waals surface area contributed by atoms with Crippen molar-refractivity contribution >= 4 is 29.5 Å². The van der Waals surface area contributed by atoms with Crippen LogP contribution in [-0.4, -0.2) is 56.6 Å². The van der Waals surface area contributed by atoms with Crippen molar-refractivity contribution in [2.75, 3.05) is 24.5 Å². The third-order valence-corrected chi connectivity index (χ3v) is 4.34. The van der Waals surface area contributed by atoms with Crippen molar-refractivity contribution in [1.29, 1.82) is 0 Å². The monoisotopic (exact) mass is 318 g/mol. The average Bonchev–Trinajstić information content (AvgIpc) is 3.11. The fourth-order valence-corrected chi connectivity index (χ4v) is 3.18. The molecule has 0 aromatic carbocycles. The van der Waals surface area contributed by atoms with Gasteiger partial charge in [0.15, 0.2) is 5.65 Å². The number of fused-ring (bicyclic) bond motifs is 2. The Bertz CT molecular complexity index is 730. The van der Waals surface area contributed by atoms with E-state index >= 15 is 0 Å². The molecule has 2 N–H and O–H groups in total. The average molecular weight is 318 g/mol. The molecule has 0 saturated carbocycles. The van der Waals surface area contributed by atoms with Gasteiger partial charge in [-0.25, -0.2) is 9.97 Å². The maximum absolute atomic E-state index is 11.5. The highest BCUT2D eigenvalue weighted by Gasteiger charge is 2.38. The summed E-state index contributed by atoms with van der Waals surface area (Å²) in [6.45, 7) is 2.28. The molecule has 4 heterocycles. The Kier molecular flexibility index (Phi) is 4.09. The SMILES string of the molecule is Cn1cnc2nc(N3C[C@H]4CC(=O)NC[C@H]4C3)ncc21.O=CO. The number of piperidine rings is 1. The normalized spacial score (nSPS) is 23.0. The first-order valence-electron chi connectivity index (χ1n) is 7.36. The second kappa shape index (κ2) is 6.19. The van der Waals surface area contributed by atoms with Crippen LogP contribution in [0.25, 0.3) is 11.2 Å². The molecule has 0 spiro atoms. The van der Waals surface area contributed by atoms with Crippen molar-refractivity contribution in [3.63, 3.8) is 0 Å². The zero-order chi connectivity index (χ0) is 16.4. The lowest BCUT2D eigenvalue weighted by Gasteiger charge is -2.23. The fraction of sp³-hybridized carbons (Fsp3) is 0.500. The number of rotatable bonds is 1. The van der Waals surface area contributed by atoms with E-state index in [9.17, 15) is 4.79 Å². The summed E-state index contributed by atoms with van der Waals surface area (Å²) in [5, 5.41) is 9.83. The van der Waals surface area contributed by atoms with Gasteiger partial charge in [-0.1, -0.05) is 0 Å². The van der Waals surface area contributed by atoms with Crippen LogP contribution in [0.2, 0.25) is 0 Å². The molecule has 9 nitrogen and oxygen atoms in total. The van der Waals surface area contributed by atoms with Crippen LogP contribution in [0.5, 0.6) is 0 Å². The van der Waals surface area contributed by atoms with Crippen molar-refractivity contribution in [1.82, 2.24) is 24.8 Å². The van der Waals surface area contributed by atoms with Crippen molar-refractivity contribution in [2.45, 2.75) is 6.42 Å². The molecule has 1 amide bonds. The largest absolute Gasteiger partial charge is 0.483 e. The quantitative estimate of drug-likeness (QED) is 0.690. The molecule has 2 fully saturated rings. The summed E-state index contributed by atoms with van der Waals surface area (Å²) in [6, 6.07) is 0. The van der Waals surface area contributed by atoms with Crippen LogP contribution in [0.1, 0.15) is 6.42 Å². The molecular weight excluding hydrogens is 300 g/mol. The molecular formula is C14H18N6O3. The van der Waals surface area contributed by atoms with Crippen molar-refractivity contribution in [3.8, 4) is 0 Å². The molecule has 2 saturated heterocycles. The summed E-state index contributed by atoms with van der Waals surface area (Å²) in [4.78, 5) is 35.2. The molecule has 2 aliphatic heterocycles. The minimum absolute atomic E-state index is 0.161. The number of hydrogen-bond acceptors (Lipinski definition) is 6. The highest BCUT2D eigenvalue weighted by molar-refractivity contribution is 5.77. The Morgan fingerprint density at radius 3 is 2.87 bits per heavy atom. The molecule has 2 aromatic heterocycles. The van der Waals surface area contributed by atoms with Gasteiger partial charge in [-0.05, 0) is 11.8 Å². The number of carbonyl (C=O) groups excluding carboxylic acids is 1. The van der Waals surface area contributed by atoms with Gasteiger partial charge in [0.05, 0.1) is 12.5 Å². The lowest BCUT2D eigenvalue weighted by atomic mass is 9.89. The molecule has 0 unspecified atom stereocenters. The zero-order valence-electron chi connectivity index (χ0n) is 12.7. The van der Waals surface area contributed by atoms with Gasteiger partial charge >= 0.3 is 0 Å². The number of aryl methyl sites for hydroxylation is 1. The summed E-state index contributed by atoms with van der Waals surface area (Å²) in [6.07, 6.45) is 4.18. The number of carbonyl (C=O) groups is 2. The number of anilines is 1. The second-order valence-corrected chi connectivity index (χ2v) is 5.77. The Morgan fingerprint density at radius 1 is 1.35 bits per heavy atom. The van der Waals surface area contributed by atoms with Crippen LogP contribution >= 0.6 is 0 Å². The minimum Gasteiger partial charge on any atom is -0.483 e. The van der Waals surface area contributed by atoms with Gasteiger partial charge < -0.3 is 19.9 Å². The molecule has 0 radical (unpaired) electrons. The van der Waals surface area contributed by atoms with E-state index in [1.165, 1.54) is 0 Å². The second-order valence-electron chi connectivity index (χ2n) is 5.77. The highest BCUT2D eigenvalue weighted by Crippen LogP contribution is 2.30. The van der Waals surface area contributed by atoms with E-state index in [4.69, 9.17) is 9.90 Å². The van der Waals surface area contributed by atoms with Crippen LogP contribution in [0, 0.1) is 11.8 Å². The summed E-state index contributed by atoms with van der Waals surface area (Å²) in [5.74, 6) is 1.81. The fourth-order valence-electron chi connectivity index (χ4n) is 3.18. The van der Waals surface area contributed by atoms with Gasteiger partial charge in [0.25, 0.3) is 6.47 Å². The van der Waals surface area contributed by atoms with Gasteiger partial charge in [-0.2, -0.15) is 4.98 Å². The summed E-state index contributed by atoms with van der Waals surface area (Å²) >= 11 is 0. The maximum atomic E-state index is 11.5. The van der Waals surface area contributed by atoms with Crippen molar-refractivity contribution in [3.05, 3.63) is 12.5 Å². The third-order valence-electron chi connectivity index (χ3n) is 4.34. The van der Waals surface area contributed by atoms with E-state index < -0.39 is 0 Å². The molecule has 4 rings (SSSR count). The van der Waals surface area contributed by atoms with Gasteiger partial charge in [-0.15, -0.1) is 0 Å². The van der Waals surface area contributed by atoms with Gasteiger partial charge in [0, 0.05) is 33.1 Å². The molecule has 2 atom stereocenters. The highest BCUT2D eigenvalue weighted by atomic mass is 16.3. The van der Waals surface area contributed by atoms with E-state index in [-0.39, 0.29) is 12.4 Å². The predicted molar refractivity (Wildman–Crippen MR) is 81.8 cm³/mol. The lowest BCUT2D eigenvalue weighted by molar-refractivity contribution is -0.124. The van der Waals surface area contributed by atoms with E-state index in [1.807, 2.05) is 17.8 Å². The van der Waals surface area contributed by atoms with E-state index in [0.717, 1.165) is 36.7 Å². The van der Waals surface area contributed by atoms with Crippen molar-refractivity contribution in [2.24, 2.45) is 18.9 Å². The van der Waals surface area contributed by atoms with Gasteiger partial charge in [-0.3, -0.25) is 9.59 Å². The number of carboxylic acid groups (broad SMARTS) is 1. The van der Waals surface area contributed by atoms with E-state index in [1.54, 1.807) is 6.33 Å². The molecule has 0 bridgehead atoms. The van der Waals surface area contributed by atoms with E-state index in [2.05, 4.69) is 25.2 Å². The first kappa shape index (κ1) is 15.2. The minimum atomic E-state index is -0.250. The van der Waals surface area contributed by atoms with Gasteiger partial charge in [0.2, 0.25) is 11.9 Å². The topological polar surface area (TPSA) is 113 Å². The van der Waals surface area contributed by atoms with Crippen LogP contribution in [0.15, 0.2) is 12.5 Å². The number of hydrogen-bond donors (Lipinski definition) is 2. The number of amides is 1. The molecule has 2 aliphatic rings. The number of imidazole rings is 1. The Balaban J connectivity index is 0.000000485. The van der Waals surface area contributed by atoms with Gasteiger partial charge in [0.1, 0.15) is 5.52 Å². The first-order chi connectivity index (χ1) is 11.1. The van der Waals surface area contributed by atoms with Crippen LogP contribution in [-0.2, 0) is 16.6 Å². The Morgan fingerprint density at radius 2 is 2.09 bits per heavy atom. The number of aromatic nitrogens is 4. The lowest BCUT2D eigenvalue weighted by Crippen LogP contribution is -2.39. The maximum Gasteiger partial charge on any atom is 0.290 e. The zero-order valence-corrected chi connectivity index (χ0v) is 12.7. The van der Waals surface area contributed by atoms with Crippen molar-refractivity contribution < 1.29 is 14.7 Å². The summed E-state index contributed by atoms with van der Waals surface area (Å²) in [5.41, 5.74) is 1.66. The molecule has 0 aliphatic carbocycles. The third kappa shape index (κ3) is 2.94. The Labute approximate surface area is 132 Å².